The number of hydrogen-bond donors (Lipinski definition) is 3. The van der Waals surface area contributed by atoms with Crippen molar-refractivity contribution in [1.82, 2.24) is 19.9 Å². The third kappa shape index (κ3) is 4.92. The highest BCUT2D eigenvalue weighted by atomic mass is 16.2. The first kappa shape index (κ1) is 22.8. The van der Waals surface area contributed by atoms with Gasteiger partial charge in [0, 0.05) is 48.3 Å². The molecule has 3 aromatic heterocycles. The molecule has 8 heteroatoms. The van der Waals surface area contributed by atoms with Gasteiger partial charge in [-0.1, -0.05) is 24.3 Å². The first-order valence-electron chi connectivity index (χ1n) is 11.4. The van der Waals surface area contributed by atoms with Crippen LogP contribution >= 0.6 is 0 Å². The number of nitrogens with zero attached hydrogens (tertiary/aromatic N) is 2. The summed E-state index contributed by atoms with van der Waals surface area (Å²) in [7, 11) is 0. The SMILES string of the molecule is O=C1Nc2cc(/C=C/CNC(=O)c3cccn(Cc4ccncc4)c3=O)ccc2C1=Cc1ccc[nH]1. The Morgan fingerprint density at radius 3 is 2.72 bits per heavy atom. The number of aromatic nitrogens is 3. The molecule has 0 aliphatic carbocycles. The lowest BCUT2D eigenvalue weighted by molar-refractivity contribution is -0.110. The van der Waals surface area contributed by atoms with Crippen molar-refractivity contribution in [3.63, 3.8) is 0 Å². The summed E-state index contributed by atoms with van der Waals surface area (Å²) in [5.74, 6) is -0.584. The van der Waals surface area contributed by atoms with Crippen molar-refractivity contribution >= 4 is 35.2 Å². The van der Waals surface area contributed by atoms with E-state index < -0.39 is 5.91 Å². The maximum Gasteiger partial charge on any atom is 0.263 e. The summed E-state index contributed by atoms with van der Waals surface area (Å²) in [5, 5.41) is 5.65. The highest BCUT2D eigenvalue weighted by Crippen LogP contribution is 2.33. The van der Waals surface area contributed by atoms with E-state index in [2.05, 4.69) is 20.6 Å². The van der Waals surface area contributed by atoms with E-state index in [1.54, 1.807) is 30.7 Å². The van der Waals surface area contributed by atoms with Crippen LogP contribution in [-0.2, 0) is 11.3 Å². The van der Waals surface area contributed by atoms with Crippen molar-refractivity contribution in [2.75, 3.05) is 11.9 Å². The Hall–Kier alpha value is -4.98. The van der Waals surface area contributed by atoms with Gasteiger partial charge in [-0.3, -0.25) is 19.4 Å². The molecule has 4 aromatic rings. The molecular formula is C28H23N5O3. The summed E-state index contributed by atoms with van der Waals surface area (Å²) >= 11 is 0. The molecule has 4 heterocycles. The van der Waals surface area contributed by atoms with Gasteiger partial charge in [-0.05, 0) is 59.7 Å². The van der Waals surface area contributed by atoms with E-state index in [1.165, 1.54) is 10.6 Å². The second kappa shape index (κ2) is 10.1. The van der Waals surface area contributed by atoms with Crippen LogP contribution in [0.25, 0.3) is 17.7 Å². The summed E-state index contributed by atoms with van der Waals surface area (Å²) in [6.45, 7) is 0.609. The number of rotatable bonds is 7. The van der Waals surface area contributed by atoms with E-state index >= 15 is 0 Å². The van der Waals surface area contributed by atoms with Gasteiger partial charge in [0.05, 0.1) is 12.1 Å². The minimum atomic E-state index is -0.436. The van der Waals surface area contributed by atoms with Crippen LogP contribution < -0.4 is 16.2 Å². The number of aromatic amines is 1. The molecular weight excluding hydrogens is 454 g/mol. The topological polar surface area (TPSA) is 109 Å². The number of carbonyl (C=O) groups excluding carboxylic acids is 2. The highest BCUT2D eigenvalue weighted by molar-refractivity contribution is 6.34. The van der Waals surface area contributed by atoms with E-state index in [9.17, 15) is 14.4 Å². The number of benzene rings is 1. The fraction of sp³-hybridized carbons (Fsp3) is 0.0714. The maximum atomic E-state index is 12.8. The monoisotopic (exact) mass is 477 g/mol. The van der Waals surface area contributed by atoms with Gasteiger partial charge >= 0.3 is 0 Å². The van der Waals surface area contributed by atoms with E-state index in [0.717, 1.165) is 28.1 Å². The summed E-state index contributed by atoms with van der Waals surface area (Å²) in [6.07, 6.45) is 12.3. The number of hydrogen-bond acceptors (Lipinski definition) is 4. The third-order valence-corrected chi connectivity index (χ3v) is 5.81. The smallest absolute Gasteiger partial charge is 0.263 e. The normalized spacial score (nSPS) is 13.7. The summed E-state index contributed by atoms with van der Waals surface area (Å²) in [6, 6.07) is 16.3. The van der Waals surface area contributed by atoms with Crippen LogP contribution in [0.1, 0.15) is 32.7 Å². The van der Waals surface area contributed by atoms with Gasteiger partial charge < -0.3 is 20.2 Å². The molecule has 3 N–H and O–H groups in total. The molecule has 1 aliphatic heterocycles. The summed E-state index contributed by atoms with van der Waals surface area (Å²) < 4.78 is 1.50. The molecule has 178 valence electrons. The van der Waals surface area contributed by atoms with Crippen LogP contribution in [0.15, 0.2) is 90.3 Å². The van der Waals surface area contributed by atoms with Gasteiger partial charge in [-0.15, -0.1) is 0 Å². The second-order valence-electron chi connectivity index (χ2n) is 8.27. The highest BCUT2D eigenvalue weighted by Gasteiger charge is 2.24. The van der Waals surface area contributed by atoms with Gasteiger partial charge in [0.25, 0.3) is 17.4 Å². The average molecular weight is 478 g/mol. The number of anilines is 1. The predicted octanol–water partition coefficient (Wildman–Crippen LogP) is 3.56. The van der Waals surface area contributed by atoms with Crippen LogP contribution in [0.4, 0.5) is 5.69 Å². The molecule has 0 radical (unpaired) electrons. The quantitative estimate of drug-likeness (QED) is 0.354. The standard InChI is InChI=1S/C28H23N5O3/c34-26(23-6-3-15-33(28(23)36)18-20-9-13-29-14-10-20)31-12-1-4-19-7-8-22-24(17-21-5-2-11-30-21)27(35)32-25(22)16-19/h1-11,13-17,30H,12,18H2,(H,31,34)(H,32,35)/b4-1+,24-17?. The Morgan fingerprint density at radius 2 is 1.92 bits per heavy atom. The number of carbonyl (C=O) groups is 2. The molecule has 0 saturated carbocycles. The average Bonchev–Trinajstić information content (AvgIpc) is 3.51. The minimum Gasteiger partial charge on any atom is -0.362 e. The Morgan fingerprint density at radius 1 is 1.06 bits per heavy atom. The van der Waals surface area contributed by atoms with E-state index in [0.29, 0.717) is 12.1 Å². The number of amides is 2. The zero-order chi connectivity index (χ0) is 24.9. The Balaban J connectivity index is 1.22. The second-order valence-corrected chi connectivity index (χ2v) is 8.27. The predicted molar refractivity (Wildman–Crippen MR) is 139 cm³/mol. The molecule has 8 nitrogen and oxygen atoms in total. The van der Waals surface area contributed by atoms with Crippen molar-refractivity contribution in [1.29, 1.82) is 0 Å². The van der Waals surface area contributed by atoms with E-state index in [1.807, 2.05) is 60.8 Å². The molecule has 0 fully saturated rings. The van der Waals surface area contributed by atoms with Crippen molar-refractivity contribution in [3.05, 3.63) is 124 Å². The van der Waals surface area contributed by atoms with Gasteiger partial charge in [-0.2, -0.15) is 0 Å². The maximum absolute atomic E-state index is 12.8. The Kier molecular flexibility index (Phi) is 6.40. The molecule has 0 spiro atoms. The van der Waals surface area contributed by atoms with Crippen molar-refractivity contribution in [3.8, 4) is 0 Å². The lowest BCUT2D eigenvalue weighted by atomic mass is 10.0. The zero-order valence-electron chi connectivity index (χ0n) is 19.3. The van der Waals surface area contributed by atoms with Crippen molar-refractivity contribution < 1.29 is 9.59 Å². The summed E-state index contributed by atoms with van der Waals surface area (Å²) in [5.41, 5.74) is 4.57. The number of pyridine rings is 2. The van der Waals surface area contributed by atoms with Crippen LogP contribution in [0, 0.1) is 0 Å². The van der Waals surface area contributed by atoms with Crippen LogP contribution in [0.3, 0.4) is 0 Å². The molecule has 36 heavy (non-hydrogen) atoms. The zero-order valence-corrected chi connectivity index (χ0v) is 19.3. The lowest BCUT2D eigenvalue weighted by Crippen LogP contribution is -2.33. The van der Waals surface area contributed by atoms with Crippen LogP contribution in [-0.4, -0.2) is 32.9 Å². The molecule has 0 atom stereocenters. The van der Waals surface area contributed by atoms with Crippen molar-refractivity contribution in [2.45, 2.75) is 6.54 Å². The Bertz CT molecular complexity index is 1530. The minimum absolute atomic E-state index is 0.0848. The van der Waals surface area contributed by atoms with Crippen molar-refractivity contribution in [2.24, 2.45) is 0 Å². The van der Waals surface area contributed by atoms with Gasteiger partial charge in [0.15, 0.2) is 0 Å². The molecule has 0 bridgehead atoms. The van der Waals surface area contributed by atoms with Crippen LogP contribution in [0.5, 0.6) is 0 Å². The fourth-order valence-electron chi connectivity index (χ4n) is 4.01. The number of nitrogens with one attached hydrogen (secondary N) is 3. The molecule has 2 amide bonds. The van der Waals surface area contributed by atoms with E-state index in [-0.39, 0.29) is 23.6 Å². The van der Waals surface area contributed by atoms with Gasteiger partial charge in [0.2, 0.25) is 0 Å². The fourth-order valence-corrected chi connectivity index (χ4v) is 4.01. The Labute approximate surface area is 207 Å². The van der Waals surface area contributed by atoms with Gasteiger partial charge in [0.1, 0.15) is 5.56 Å². The first-order chi connectivity index (χ1) is 17.6. The number of H-pyrrole nitrogens is 1. The largest absolute Gasteiger partial charge is 0.362 e. The molecule has 1 aliphatic rings. The molecule has 1 aromatic carbocycles. The first-order valence-corrected chi connectivity index (χ1v) is 11.4. The number of fused-ring (bicyclic) bond motifs is 1. The molecule has 0 saturated heterocycles. The summed E-state index contributed by atoms with van der Waals surface area (Å²) in [4.78, 5) is 44.8. The third-order valence-electron chi connectivity index (χ3n) is 5.81. The molecule has 5 rings (SSSR count). The molecule has 0 unspecified atom stereocenters. The van der Waals surface area contributed by atoms with Crippen LogP contribution in [0.2, 0.25) is 0 Å². The van der Waals surface area contributed by atoms with Gasteiger partial charge in [-0.25, -0.2) is 0 Å². The van der Waals surface area contributed by atoms with E-state index in [4.69, 9.17) is 0 Å². The lowest BCUT2D eigenvalue weighted by Gasteiger charge is -2.08.